The summed E-state index contributed by atoms with van der Waals surface area (Å²) in [4.78, 5) is 4.89. The SMILES string of the molecule is C[C@H]1CN2C[C@H](O)CC2CN1Cc1ccc(Cl)c(Cl)c1. The van der Waals surface area contributed by atoms with Crippen LogP contribution in [0.3, 0.4) is 0 Å². The number of hydrogen-bond acceptors (Lipinski definition) is 3. The lowest BCUT2D eigenvalue weighted by atomic mass is 10.1. The first-order chi connectivity index (χ1) is 9.52. The van der Waals surface area contributed by atoms with E-state index in [2.05, 4.69) is 16.7 Å². The van der Waals surface area contributed by atoms with Crippen molar-refractivity contribution in [3.63, 3.8) is 0 Å². The molecule has 2 fully saturated rings. The van der Waals surface area contributed by atoms with E-state index in [1.54, 1.807) is 0 Å². The second-order valence-corrected chi connectivity index (χ2v) is 6.84. The Kier molecular flexibility index (Phi) is 4.25. The Morgan fingerprint density at radius 2 is 2.00 bits per heavy atom. The van der Waals surface area contributed by atoms with Gasteiger partial charge in [0.2, 0.25) is 0 Å². The maximum Gasteiger partial charge on any atom is 0.0682 e. The van der Waals surface area contributed by atoms with E-state index in [0.717, 1.165) is 32.6 Å². The van der Waals surface area contributed by atoms with Crippen molar-refractivity contribution in [1.29, 1.82) is 0 Å². The Bertz CT molecular complexity index is 497. The Morgan fingerprint density at radius 3 is 2.75 bits per heavy atom. The van der Waals surface area contributed by atoms with Crippen LogP contribution in [0.25, 0.3) is 0 Å². The summed E-state index contributed by atoms with van der Waals surface area (Å²) < 4.78 is 0. The molecule has 2 aliphatic heterocycles. The Hall–Kier alpha value is -0.320. The van der Waals surface area contributed by atoms with Gasteiger partial charge in [0.1, 0.15) is 0 Å². The minimum absolute atomic E-state index is 0.155. The molecule has 0 aromatic heterocycles. The molecular formula is C15H20Cl2N2O. The van der Waals surface area contributed by atoms with Crippen LogP contribution < -0.4 is 0 Å². The zero-order chi connectivity index (χ0) is 14.3. The lowest BCUT2D eigenvalue weighted by molar-refractivity contribution is 0.0528. The minimum atomic E-state index is -0.155. The molecule has 0 spiro atoms. The molecule has 0 aliphatic carbocycles. The number of piperazine rings is 1. The maximum atomic E-state index is 9.80. The average molecular weight is 315 g/mol. The van der Waals surface area contributed by atoms with Gasteiger partial charge in [0.25, 0.3) is 0 Å². The molecule has 20 heavy (non-hydrogen) atoms. The van der Waals surface area contributed by atoms with E-state index in [1.807, 2.05) is 18.2 Å². The quantitative estimate of drug-likeness (QED) is 0.909. The lowest BCUT2D eigenvalue weighted by Crippen LogP contribution is -2.54. The largest absolute Gasteiger partial charge is 0.392 e. The third-order valence-corrected chi connectivity index (χ3v) is 5.18. The van der Waals surface area contributed by atoms with Crippen LogP contribution >= 0.6 is 23.2 Å². The summed E-state index contributed by atoms with van der Waals surface area (Å²) in [6, 6.07) is 6.83. The fourth-order valence-corrected chi connectivity index (χ4v) is 3.69. The van der Waals surface area contributed by atoms with Crippen LogP contribution in [0, 0.1) is 0 Å². The third kappa shape index (κ3) is 2.97. The van der Waals surface area contributed by atoms with Crippen LogP contribution in [0.2, 0.25) is 10.0 Å². The van der Waals surface area contributed by atoms with Crippen molar-refractivity contribution in [3.8, 4) is 0 Å². The molecule has 110 valence electrons. The van der Waals surface area contributed by atoms with Crippen molar-refractivity contribution in [3.05, 3.63) is 33.8 Å². The van der Waals surface area contributed by atoms with Crippen LogP contribution in [0.15, 0.2) is 18.2 Å². The summed E-state index contributed by atoms with van der Waals surface area (Å²) >= 11 is 12.0. The summed E-state index contributed by atoms with van der Waals surface area (Å²) in [5, 5.41) is 11.0. The van der Waals surface area contributed by atoms with Gasteiger partial charge in [-0.25, -0.2) is 0 Å². The standard InChI is InChI=1S/C15H20Cl2N2O/c1-10-6-19-9-13(20)5-12(19)8-18(10)7-11-2-3-14(16)15(17)4-11/h2-4,10,12-13,20H,5-9H2,1H3/t10-,12?,13+/m0/s1. The number of fused-ring (bicyclic) bond motifs is 1. The van der Waals surface area contributed by atoms with Crippen molar-refractivity contribution in [1.82, 2.24) is 9.80 Å². The molecule has 5 heteroatoms. The Balaban J connectivity index is 1.69. The zero-order valence-electron chi connectivity index (χ0n) is 11.6. The molecular weight excluding hydrogens is 295 g/mol. The van der Waals surface area contributed by atoms with Gasteiger partial charge < -0.3 is 5.11 Å². The molecule has 0 radical (unpaired) electrons. The van der Waals surface area contributed by atoms with Crippen LogP contribution in [-0.2, 0) is 6.54 Å². The van der Waals surface area contributed by atoms with Gasteiger partial charge in [-0.05, 0) is 31.0 Å². The van der Waals surface area contributed by atoms with Crippen molar-refractivity contribution in [2.24, 2.45) is 0 Å². The maximum absolute atomic E-state index is 9.80. The number of rotatable bonds is 2. The number of benzene rings is 1. The molecule has 1 unspecified atom stereocenters. The normalized spacial score (nSPS) is 31.5. The number of hydrogen-bond donors (Lipinski definition) is 1. The van der Waals surface area contributed by atoms with Gasteiger partial charge in [0.15, 0.2) is 0 Å². The molecule has 0 bridgehead atoms. The topological polar surface area (TPSA) is 26.7 Å². The second kappa shape index (κ2) is 5.82. The predicted molar refractivity (Wildman–Crippen MR) is 82.3 cm³/mol. The summed E-state index contributed by atoms with van der Waals surface area (Å²) in [7, 11) is 0. The fourth-order valence-electron chi connectivity index (χ4n) is 3.37. The summed E-state index contributed by atoms with van der Waals surface area (Å²) in [6.45, 7) is 6.01. The smallest absolute Gasteiger partial charge is 0.0682 e. The highest BCUT2D eigenvalue weighted by Gasteiger charge is 2.37. The highest BCUT2D eigenvalue weighted by Crippen LogP contribution is 2.28. The van der Waals surface area contributed by atoms with Gasteiger partial charge in [-0.3, -0.25) is 9.80 Å². The van der Waals surface area contributed by atoms with Crippen molar-refractivity contribution >= 4 is 23.2 Å². The molecule has 0 saturated carbocycles. The molecule has 1 aromatic carbocycles. The predicted octanol–water partition coefficient (Wildman–Crippen LogP) is 2.63. The first-order valence-corrected chi connectivity index (χ1v) is 7.88. The van der Waals surface area contributed by atoms with Gasteiger partial charge in [0, 0.05) is 38.3 Å². The Morgan fingerprint density at radius 1 is 1.20 bits per heavy atom. The average Bonchev–Trinajstić information content (AvgIpc) is 2.73. The van der Waals surface area contributed by atoms with Crippen LogP contribution in [0.1, 0.15) is 18.9 Å². The van der Waals surface area contributed by atoms with Gasteiger partial charge in [0.05, 0.1) is 16.1 Å². The zero-order valence-corrected chi connectivity index (χ0v) is 13.1. The second-order valence-electron chi connectivity index (χ2n) is 6.02. The molecule has 2 aliphatic rings. The number of aliphatic hydroxyl groups excluding tert-OH is 1. The van der Waals surface area contributed by atoms with E-state index < -0.39 is 0 Å². The van der Waals surface area contributed by atoms with Crippen molar-refractivity contribution in [2.45, 2.75) is 38.1 Å². The van der Waals surface area contributed by atoms with E-state index in [0.29, 0.717) is 22.1 Å². The van der Waals surface area contributed by atoms with E-state index in [1.165, 1.54) is 5.56 Å². The van der Waals surface area contributed by atoms with E-state index in [9.17, 15) is 5.11 Å². The van der Waals surface area contributed by atoms with Crippen LogP contribution in [-0.4, -0.2) is 52.7 Å². The summed E-state index contributed by atoms with van der Waals surface area (Å²) in [5.41, 5.74) is 1.19. The highest BCUT2D eigenvalue weighted by atomic mass is 35.5. The fraction of sp³-hybridized carbons (Fsp3) is 0.600. The van der Waals surface area contributed by atoms with Crippen LogP contribution in [0.4, 0.5) is 0 Å². The van der Waals surface area contributed by atoms with E-state index in [-0.39, 0.29) is 6.10 Å². The van der Waals surface area contributed by atoms with Gasteiger partial charge in [-0.2, -0.15) is 0 Å². The molecule has 0 amide bonds. The molecule has 3 rings (SSSR count). The first-order valence-electron chi connectivity index (χ1n) is 7.13. The molecule has 2 heterocycles. The first kappa shape index (κ1) is 14.6. The Labute approximate surface area is 130 Å². The lowest BCUT2D eigenvalue weighted by Gasteiger charge is -2.42. The van der Waals surface area contributed by atoms with Gasteiger partial charge in [-0.1, -0.05) is 29.3 Å². The number of nitrogens with zero attached hydrogens (tertiary/aromatic N) is 2. The minimum Gasteiger partial charge on any atom is -0.392 e. The molecule has 3 nitrogen and oxygen atoms in total. The third-order valence-electron chi connectivity index (χ3n) is 4.44. The van der Waals surface area contributed by atoms with Gasteiger partial charge >= 0.3 is 0 Å². The molecule has 1 aromatic rings. The van der Waals surface area contributed by atoms with Crippen molar-refractivity contribution in [2.75, 3.05) is 19.6 Å². The van der Waals surface area contributed by atoms with Crippen LogP contribution in [0.5, 0.6) is 0 Å². The highest BCUT2D eigenvalue weighted by molar-refractivity contribution is 6.42. The molecule has 1 N–H and O–H groups in total. The van der Waals surface area contributed by atoms with Gasteiger partial charge in [-0.15, -0.1) is 0 Å². The number of aliphatic hydroxyl groups is 1. The van der Waals surface area contributed by atoms with E-state index >= 15 is 0 Å². The monoisotopic (exact) mass is 314 g/mol. The summed E-state index contributed by atoms with van der Waals surface area (Å²) in [6.07, 6.45) is 0.738. The summed E-state index contributed by atoms with van der Waals surface area (Å²) in [5.74, 6) is 0. The van der Waals surface area contributed by atoms with E-state index in [4.69, 9.17) is 23.2 Å². The number of halogens is 2. The molecule has 2 saturated heterocycles. The van der Waals surface area contributed by atoms with Crippen molar-refractivity contribution < 1.29 is 5.11 Å². The molecule has 3 atom stereocenters.